The van der Waals surface area contributed by atoms with Gasteiger partial charge in [-0.2, -0.15) is 5.10 Å². The molecule has 0 radical (unpaired) electrons. The van der Waals surface area contributed by atoms with E-state index in [9.17, 15) is 4.79 Å². The van der Waals surface area contributed by atoms with Crippen LogP contribution in [0.15, 0.2) is 55.1 Å². The second-order valence-corrected chi connectivity index (χ2v) is 6.83. The van der Waals surface area contributed by atoms with Gasteiger partial charge < -0.3 is 10.1 Å². The molecule has 3 rings (SSSR count). The minimum absolute atomic E-state index is 0.0648. The van der Waals surface area contributed by atoms with Crippen LogP contribution in [0.2, 0.25) is 5.02 Å². The fraction of sp³-hybridized carbons (Fsp3) is 0.250. The highest BCUT2D eigenvalue weighted by Gasteiger charge is 2.15. The summed E-state index contributed by atoms with van der Waals surface area (Å²) < 4.78 is 6.82. The first-order valence-electron chi connectivity index (χ1n) is 8.76. The standard InChI is InChI=1S/C20H22ClN5O2/c1-14(15-4-7-17(8-5-15)26-13-22-12-23-26)25(2)11-20(27)24-16-6-9-19(28-3)18(21)10-16/h4-10,12-14H,11H2,1-3H3,(H,24,27)/t14-/m0/s1. The maximum atomic E-state index is 12.4. The summed E-state index contributed by atoms with van der Waals surface area (Å²) in [6.07, 6.45) is 3.15. The van der Waals surface area contributed by atoms with Crippen molar-refractivity contribution in [3.63, 3.8) is 0 Å². The van der Waals surface area contributed by atoms with E-state index in [0.717, 1.165) is 11.3 Å². The maximum Gasteiger partial charge on any atom is 0.238 e. The molecular weight excluding hydrogens is 378 g/mol. The number of likely N-dealkylation sites (N-methyl/N-ethyl adjacent to an activating group) is 1. The van der Waals surface area contributed by atoms with Crippen LogP contribution in [0.25, 0.3) is 5.69 Å². The molecule has 1 atom stereocenters. The molecule has 0 spiro atoms. The number of benzene rings is 2. The van der Waals surface area contributed by atoms with Gasteiger partial charge in [-0.25, -0.2) is 9.67 Å². The summed E-state index contributed by atoms with van der Waals surface area (Å²) >= 11 is 6.10. The first kappa shape index (κ1) is 19.9. The van der Waals surface area contributed by atoms with Crippen LogP contribution in [0.1, 0.15) is 18.5 Å². The van der Waals surface area contributed by atoms with Crippen molar-refractivity contribution in [1.82, 2.24) is 19.7 Å². The number of ether oxygens (including phenoxy) is 1. The zero-order valence-corrected chi connectivity index (χ0v) is 16.7. The van der Waals surface area contributed by atoms with Gasteiger partial charge in [0.1, 0.15) is 18.4 Å². The molecule has 1 amide bonds. The van der Waals surface area contributed by atoms with Gasteiger partial charge in [-0.15, -0.1) is 0 Å². The second-order valence-electron chi connectivity index (χ2n) is 6.42. The summed E-state index contributed by atoms with van der Waals surface area (Å²) in [6, 6.07) is 13.2. The van der Waals surface area contributed by atoms with Gasteiger partial charge in [-0.1, -0.05) is 23.7 Å². The minimum atomic E-state index is -0.116. The van der Waals surface area contributed by atoms with Crippen LogP contribution in [0.5, 0.6) is 5.75 Å². The molecule has 0 aliphatic heterocycles. The number of halogens is 1. The highest BCUT2D eigenvalue weighted by Crippen LogP contribution is 2.27. The molecule has 0 saturated carbocycles. The smallest absolute Gasteiger partial charge is 0.238 e. The molecule has 2 aromatic carbocycles. The molecule has 1 heterocycles. The number of carbonyl (C=O) groups excluding carboxylic acids is 1. The SMILES string of the molecule is COc1ccc(NC(=O)CN(C)[C@@H](C)c2ccc(-n3cncn3)cc2)cc1Cl. The summed E-state index contributed by atoms with van der Waals surface area (Å²) in [6.45, 7) is 2.30. The average molecular weight is 400 g/mol. The number of hydrogen-bond acceptors (Lipinski definition) is 5. The Hall–Kier alpha value is -2.90. The van der Waals surface area contributed by atoms with Crippen molar-refractivity contribution in [1.29, 1.82) is 0 Å². The number of rotatable bonds is 7. The van der Waals surface area contributed by atoms with Crippen molar-refractivity contribution in [2.45, 2.75) is 13.0 Å². The van der Waals surface area contributed by atoms with Crippen LogP contribution < -0.4 is 10.1 Å². The Morgan fingerprint density at radius 3 is 2.64 bits per heavy atom. The van der Waals surface area contributed by atoms with Gasteiger partial charge in [0.2, 0.25) is 5.91 Å². The highest BCUT2D eigenvalue weighted by atomic mass is 35.5. The highest BCUT2D eigenvalue weighted by molar-refractivity contribution is 6.32. The van der Waals surface area contributed by atoms with Crippen LogP contribution in [0, 0.1) is 0 Å². The van der Waals surface area contributed by atoms with Gasteiger partial charge in [-0.3, -0.25) is 9.69 Å². The number of methoxy groups -OCH3 is 1. The van der Waals surface area contributed by atoms with Crippen molar-refractivity contribution in [2.24, 2.45) is 0 Å². The molecule has 7 nitrogen and oxygen atoms in total. The summed E-state index contributed by atoms with van der Waals surface area (Å²) in [5.74, 6) is 0.453. The van der Waals surface area contributed by atoms with E-state index in [1.165, 1.54) is 6.33 Å². The van der Waals surface area contributed by atoms with E-state index in [-0.39, 0.29) is 18.5 Å². The summed E-state index contributed by atoms with van der Waals surface area (Å²) in [5.41, 5.74) is 2.67. The largest absolute Gasteiger partial charge is 0.495 e. The van der Waals surface area contributed by atoms with E-state index in [4.69, 9.17) is 16.3 Å². The molecule has 3 aromatic rings. The minimum Gasteiger partial charge on any atom is -0.495 e. The molecule has 1 aromatic heterocycles. The summed E-state index contributed by atoms with van der Waals surface area (Å²) in [7, 11) is 3.46. The van der Waals surface area contributed by atoms with Crippen LogP contribution in [0.4, 0.5) is 5.69 Å². The number of carbonyl (C=O) groups is 1. The normalized spacial score (nSPS) is 12.0. The van der Waals surface area contributed by atoms with Gasteiger partial charge >= 0.3 is 0 Å². The van der Waals surface area contributed by atoms with Crippen molar-refractivity contribution in [3.05, 3.63) is 65.7 Å². The Kier molecular flexibility index (Phi) is 6.28. The molecule has 0 fully saturated rings. The Morgan fingerprint density at radius 1 is 1.29 bits per heavy atom. The molecule has 146 valence electrons. The van der Waals surface area contributed by atoms with Crippen molar-refractivity contribution in [2.75, 3.05) is 26.0 Å². The molecule has 0 aliphatic carbocycles. The third-order valence-corrected chi connectivity index (χ3v) is 4.84. The number of amides is 1. The van der Waals surface area contributed by atoms with Gasteiger partial charge in [0.25, 0.3) is 0 Å². The zero-order valence-electron chi connectivity index (χ0n) is 16.0. The first-order valence-corrected chi connectivity index (χ1v) is 9.14. The average Bonchev–Trinajstić information content (AvgIpc) is 3.22. The van der Waals surface area contributed by atoms with Crippen molar-refractivity contribution >= 4 is 23.2 Å². The Balaban J connectivity index is 1.59. The lowest BCUT2D eigenvalue weighted by Crippen LogP contribution is -2.32. The zero-order chi connectivity index (χ0) is 20.1. The number of hydrogen-bond donors (Lipinski definition) is 1. The molecule has 0 bridgehead atoms. The Labute approximate surface area is 168 Å². The summed E-state index contributed by atoms with van der Waals surface area (Å²) in [4.78, 5) is 18.3. The van der Waals surface area contributed by atoms with Gasteiger partial charge in [-0.05, 0) is 49.9 Å². The van der Waals surface area contributed by atoms with E-state index in [1.807, 2.05) is 36.2 Å². The van der Waals surface area contributed by atoms with Crippen molar-refractivity contribution in [3.8, 4) is 11.4 Å². The predicted molar refractivity (Wildman–Crippen MR) is 109 cm³/mol. The van der Waals surface area contributed by atoms with E-state index in [2.05, 4.69) is 22.3 Å². The first-order chi connectivity index (χ1) is 13.5. The number of nitrogens with zero attached hydrogens (tertiary/aromatic N) is 4. The molecule has 0 aliphatic rings. The number of aromatic nitrogens is 3. The predicted octanol–water partition coefficient (Wildman–Crippen LogP) is 3.56. The van der Waals surface area contributed by atoms with E-state index in [0.29, 0.717) is 16.5 Å². The topological polar surface area (TPSA) is 72.3 Å². The lowest BCUT2D eigenvalue weighted by molar-refractivity contribution is -0.117. The fourth-order valence-corrected chi connectivity index (χ4v) is 3.07. The van der Waals surface area contributed by atoms with Crippen LogP contribution in [-0.2, 0) is 4.79 Å². The van der Waals surface area contributed by atoms with Gasteiger partial charge in [0, 0.05) is 11.7 Å². The molecule has 8 heteroatoms. The lowest BCUT2D eigenvalue weighted by Gasteiger charge is -2.24. The Morgan fingerprint density at radius 2 is 2.04 bits per heavy atom. The third-order valence-electron chi connectivity index (χ3n) is 4.55. The Bertz CT molecular complexity index is 928. The third kappa shape index (κ3) is 4.68. The molecule has 0 unspecified atom stereocenters. The van der Waals surface area contributed by atoms with Crippen LogP contribution >= 0.6 is 11.6 Å². The van der Waals surface area contributed by atoms with Gasteiger partial charge in [0.05, 0.1) is 24.4 Å². The molecular formula is C20H22ClN5O2. The number of nitrogens with one attached hydrogen (secondary N) is 1. The van der Waals surface area contributed by atoms with Crippen LogP contribution in [-0.4, -0.2) is 46.3 Å². The van der Waals surface area contributed by atoms with E-state index in [1.54, 1.807) is 36.3 Å². The van der Waals surface area contributed by atoms with Crippen LogP contribution in [0.3, 0.4) is 0 Å². The maximum absolute atomic E-state index is 12.4. The van der Waals surface area contributed by atoms with E-state index >= 15 is 0 Å². The number of anilines is 1. The van der Waals surface area contributed by atoms with E-state index < -0.39 is 0 Å². The quantitative estimate of drug-likeness (QED) is 0.657. The van der Waals surface area contributed by atoms with Gasteiger partial charge in [0.15, 0.2) is 0 Å². The monoisotopic (exact) mass is 399 g/mol. The van der Waals surface area contributed by atoms with Crippen molar-refractivity contribution < 1.29 is 9.53 Å². The fourth-order valence-electron chi connectivity index (χ4n) is 2.81. The molecule has 0 saturated heterocycles. The summed E-state index contributed by atoms with van der Waals surface area (Å²) in [5, 5.41) is 7.43. The second kappa shape index (κ2) is 8.86. The molecule has 28 heavy (non-hydrogen) atoms. The lowest BCUT2D eigenvalue weighted by atomic mass is 10.1. The molecule has 1 N–H and O–H groups in total.